The first-order valence-corrected chi connectivity index (χ1v) is 8.51. The Balaban J connectivity index is 1.73. The highest BCUT2D eigenvalue weighted by atomic mass is 35.5. The van der Waals surface area contributed by atoms with Gasteiger partial charge in [-0.05, 0) is 42.3 Å². The van der Waals surface area contributed by atoms with Gasteiger partial charge in [-0.25, -0.2) is 9.59 Å². The molecule has 0 N–H and O–H groups in total. The molecular weight excluding hydrogens is 375 g/mol. The molecule has 0 spiro atoms. The lowest BCUT2D eigenvalue weighted by Crippen LogP contribution is -2.05. The molecule has 0 aliphatic carbocycles. The Morgan fingerprint density at radius 3 is 2.69 bits per heavy atom. The minimum absolute atomic E-state index is 0.0320. The Morgan fingerprint density at radius 1 is 1.12 bits per heavy atom. The minimum Gasteiger partial charge on any atom is -0.458 e. The summed E-state index contributed by atoms with van der Waals surface area (Å²) in [6.07, 6.45) is 2.86. The van der Waals surface area contributed by atoms with Crippen molar-refractivity contribution in [2.45, 2.75) is 13.5 Å². The number of hydrogen-bond acceptors (Lipinski definition) is 4. The molecule has 0 saturated heterocycles. The van der Waals surface area contributed by atoms with Crippen molar-refractivity contribution >= 4 is 46.2 Å². The van der Waals surface area contributed by atoms with Crippen LogP contribution in [0.1, 0.15) is 16.7 Å². The van der Waals surface area contributed by atoms with Gasteiger partial charge in [-0.15, -0.1) is 0 Å². The standard InChI is InChI=1S/C20H14Cl2O4/c1-12-2-5-15-14(10-20(24)26-18(15)8-12)11-25-19(23)7-4-13-3-6-16(21)17(22)9-13/h2-10H,11H2,1H3. The molecule has 0 saturated carbocycles. The second-order valence-electron chi connectivity index (χ2n) is 5.70. The van der Waals surface area contributed by atoms with Gasteiger partial charge in [-0.2, -0.15) is 0 Å². The fourth-order valence-electron chi connectivity index (χ4n) is 2.43. The number of carbonyl (C=O) groups excluding carboxylic acids is 1. The molecule has 0 amide bonds. The maximum atomic E-state index is 11.9. The minimum atomic E-state index is -0.537. The van der Waals surface area contributed by atoms with E-state index >= 15 is 0 Å². The maximum absolute atomic E-state index is 11.9. The van der Waals surface area contributed by atoms with Gasteiger partial charge in [0.1, 0.15) is 12.2 Å². The molecule has 132 valence electrons. The highest BCUT2D eigenvalue weighted by Gasteiger charge is 2.08. The molecule has 26 heavy (non-hydrogen) atoms. The van der Waals surface area contributed by atoms with Gasteiger partial charge >= 0.3 is 11.6 Å². The Hall–Kier alpha value is -2.56. The summed E-state index contributed by atoms with van der Waals surface area (Å²) < 4.78 is 10.4. The molecule has 3 aromatic rings. The molecule has 0 atom stereocenters. The summed E-state index contributed by atoms with van der Waals surface area (Å²) in [7, 11) is 0. The first-order chi connectivity index (χ1) is 12.4. The van der Waals surface area contributed by atoms with Crippen LogP contribution in [0.4, 0.5) is 0 Å². The SMILES string of the molecule is Cc1ccc2c(COC(=O)C=Cc3ccc(Cl)c(Cl)c3)cc(=O)oc2c1. The van der Waals surface area contributed by atoms with Crippen molar-refractivity contribution in [3.05, 3.63) is 85.7 Å². The van der Waals surface area contributed by atoms with Crippen LogP contribution in [0.3, 0.4) is 0 Å². The molecule has 0 radical (unpaired) electrons. The molecule has 0 bridgehead atoms. The molecule has 0 unspecified atom stereocenters. The lowest BCUT2D eigenvalue weighted by molar-refractivity contribution is -0.138. The number of ether oxygens (including phenoxy) is 1. The van der Waals surface area contributed by atoms with Gasteiger partial charge in [-0.3, -0.25) is 0 Å². The summed E-state index contributed by atoms with van der Waals surface area (Å²) in [4.78, 5) is 23.6. The fourth-order valence-corrected chi connectivity index (χ4v) is 2.74. The molecular formula is C20H14Cl2O4. The van der Waals surface area contributed by atoms with Crippen LogP contribution in [0.15, 0.2) is 57.8 Å². The third-order valence-corrected chi connectivity index (χ3v) is 4.45. The van der Waals surface area contributed by atoms with Crippen LogP contribution in [0.2, 0.25) is 10.0 Å². The first-order valence-electron chi connectivity index (χ1n) is 7.75. The van der Waals surface area contributed by atoms with Gasteiger partial charge in [0.2, 0.25) is 0 Å². The summed E-state index contributed by atoms with van der Waals surface area (Å²) in [6.45, 7) is 1.87. The van der Waals surface area contributed by atoms with Gasteiger partial charge in [0, 0.05) is 23.1 Å². The molecule has 0 fully saturated rings. The first kappa shape index (κ1) is 18.2. The van der Waals surface area contributed by atoms with Crippen LogP contribution in [-0.4, -0.2) is 5.97 Å². The van der Waals surface area contributed by atoms with Crippen LogP contribution < -0.4 is 5.63 Å². The predicted molar refractivity (Wildman–Crippen MR) is 103 cm³/mol. The average molecular weight is 389 g/mol. The number of fused-ring (bicyclic) bond motifs is 1. The summed E-state index contributed by atoms with van der Waals surface area (Å²) in [5, 5.41) is 1.58. The van der Waals surface area contributed by atoms with E-state index in [0.29, 0.717) is 21.2 Å². The largest absolute Gasteiger partial charge is 0.458 e. The van der Waals surface area contributed by atoms with Gasteiger partial charge in [0.25, 0.3) is 0 Å². The molecule has 4 nitrogen and oxygen atoms in total. The Labute approximate surface area is 159 Å². The van der Waals surface area contributed by atoms with E-state index in [4.69, 9.17) is 32.4 Å². The van der Waals surface area contributed by atoms with Crippen molar-refractivity contribution in [1.82, 2.24) is 0 Å². The van der Waals surface area contributed by atoms with E-state index in [-0.39, 0.29) is 6.61 Å². The number of rotatable bonds is 4. The number of aryl methyl sites for hydroxylation is 1. The topological polar surface area (TPSA) is 56.5 Å². The lowest BCUT2D eigenvalue weighted by Gasteiger charge is -2.06. The zero-order valence-electron chi connectivity index (χ0n) is 13.8. The van der Waals surface area contributed by atoms with Gasteiger partial charge in [0.15, 0.2) is 0 Å². The van der Waals surface area contributed by atoms with E-state index in [1.165, 1.54) is 12.1 Å². The second-order valence-corrected chi connectivity index (χ2v) is 6.52. The maximum Gasteiger partial charge on any atom is 0.336 e. The zero-order chi connectivity index (χ0) is 18.7. The van der Waals surface area contributed by atoms with Crippen LogP contribution in [0.5, 0.6) is 0 Å². The quantitative estimate of drug-likeness (QED) is 0.351. The van der Waals surface area contributed by atoms with Gasteiger partial charge in [0.05, 0.1) is 10.0 Å². The van der Waals surface area contributed by atoms with Crippen LogP contribution in [0.25, 0.3) is 17.0 Å². The molecule has 1 aromatic heterocycles. The highest BCUT2D eigenvalue weighted by molar-refractivity contribution is 6.42. The molecule has 6 heteroatoms. The van der Waals surface area contributed by atoms with Crippen molar-refractivity contribution < 1.29 is 13.9 Å². The number of hydrogen-bond donors (Lipinski definition) is 0. The molecule has 0 aliphatic heterocycles. The third-order valence-electron chi connectivity index (χ3n) is 3.71. The Morgan fingerprint density at radius 2 is 1.92 bits per heavy atom. The van der Waals surface area contributed by atoms with Gasteiger partial charge in [-0.1, -0.05) is 41.4 Å². The van der Waals surface area contributed by atoms with E-state index < -0.39 is 11.6 Å². The number of benzene rings is 2. The van der Waals surface area contributed by atoms with E-state index in [1.54, 1.807) is 30.3 Å². The van der Waals surface area contributed by atoms with Crippen LogP contribution in [-0.2, 0) is 16.1 Å². The number of carbonyl (C=O) groups is 1. The number of esters is 1. The Kier molecular flexibility index (Phi) is 5.45. The van der Waals surface area contributed by atoms with E-state index in [1.807, 2.05) is 19.1 Å². The summed E-state index contributed by atoms with van der Waals surface area (Å²) in [5.41, 5.74) is 2.26. The summed E-state index contributed by atoms with van der Waals surface area (Å²) >= 11 is 11.8. The van der Waals surface area contributed by atoms with Crippen molar-refractivity contribution in [3.8, 4) is 0 Å². The molecule has 1 heterocycles. The third kappa shape index (κ3) is 4.34. The predicted octanol–water partition coefficient (Wildman–Crippen LogP) is 5.16. The van der Waals surface area contributed by atoms with Crippen molar-refractivity contribution in [1.29, 1.82) is 0 Å². The van der Waals surface area contributed by atoms with E-state index in [0.717, 1.165) is 16.5 Å². The smallest absolute Gasteiger partial charge is 0.336 e. The highest BCUT2D eigenvalue weighted by Crippen LogP contribution is 2.23. The van der Waals surface area contributed by atoms with E-state index in [9.17, 15) is 9.59 Å². The monoisotopic (exact) mass is 388 g/mol. The zero-order valence-corrected chi connectivity index (χ0v) is 15.3. The fraction of sp³-hybridized carbons (Fsp3) is 0.100. The molecule has 0 aliphatic rings. The van der Waals surface area contributed by atoms with Crippen molar-refractivity contribution in [3.63, 3.8) is 0 Å². The van der Waals surface area contributed by atoms with Crippen LogP contribution >= 0.6 is 23.2 Å². The van der Waals surface area contributed by atoms with Gasteiger partial charge < -0.3 is 9.15 Å². The normalized spacial score (nSPS) is 11.2. The lowest BCUT2D eigenvalue weighted by atomic mass is 10.1. The number of halogens is 2. The summed E-state index contributed by atoms with van der Waals surface area (Å²) in [5.74, 6) is -0.537. The molecule has 3 rings (SSSR count). The van der Waals surface area contributed by atoms with Crippen molar-refractivity contribution in [2.75, 3.05) is 0 Å². The second kappa shape index (κ2) is 7.77. The Bertz CT molecular complexity index is 1070. The van der Waals surface area contributed by atoms with E-state index in [2.05, 4.69) is 0 Å². The van der Waals surface area contributed by atoms with Crippen LogP contribution in [0, 0.1) is 6.92 Å². The van der Waals surface area contributed by atoms with Crippen molar-refractivity contribution in [2.24, 2.45) is 0 Å². The summed E-state index contributed by atoms with van der Waals surface area (Å²) in [6, 6.07) is 11.9. The average Bonchev–Trinajstić information content (AvgIpc) is 2.60. The molecule has 2 aromatic carbocycles.